The lowest BCUT2D eigenvalue weighted by molar-refractivity contribution is -0.140. The van der Waals surface area contributed by atoms with Crippen LogP contribution in [0.1, 0.15) is 12.8 Å². The Kier molecular flexibility index (Phi) is 2.87. The molecule has 0 aliphatic carbocycles. The van der Waals surface area contributed by atoms with E-state index in [1.165, 1.54) is 0 Å². The first-order valence-corrected chi connectivity index (χ1v) is 2.86. The van der Waals surface area contributed by atoms with Crippen LogP contribution in [0.4, 0.5) is 0 Å². The summed E-state index contributed by atoms with van der Waals surface area (Å²) in [5.74, 6) is 0.281. The lowest BCUT2D eigenvalue weighted by Crippen LogP contribution is -2.45. The summed E-state index contributed by atoms with van der Waals surface area (Å²) in [6.07, 6.45) is 5.78. The van der Waals surface area contributed by atoms with E-state index in [1.807, 2.05) is 6.20 Å². The SMILES string of the molecule is Cl.O.O=C1C[C@H]2CC=CN12. The maximum absolute atomic E-state index is 10.6. The van der Waals surface area contributed by atoms with Crippen molar-refractivity contribution in [1.82, 2.24) is 4.90 Å². The first-order chi connectivity index (χ1) is 3.88. The summed E-state index contributed by atoms with van der Waals surface area (Å²) in [4.78, 5) is 12.4. The average Bonchev–Trinajstić information content (AvgIpc) is 2.09. The molecular formula is C6H10ClNO2. The summed E-state index contributed by atoms with van der Waals surface area (Å²) < 4.78 is 0. The van der Waals surface area contributed by atoms with Crippen LogP contribution < -0.4 is 0 Å². The molecule has 10 heavy (non-hydrogen) atoms. The van der Waals surface area contributed by atoms with Gasteiger partial charge in [-0.05, 0) is 6.42 Å². The molecule has 0 bridgehead atoms. The number of β-lactam (4-membered cyclic amide) rings is 1. The van der Waals surface area contributed by atoms with E-state index < -0.39 is 0 Å². The van der Waals surface area contributed by atoms with Gasteiger partial charge in [-0.1, -0.05) is 6.08 Å². The van der Waals surface area contributed by atoms with Gasteiger partial charge in [-0.15, -0.1) is 12.4 Å². The van der Waals surface area contributed by atoms with Gasteiger partial charge in [0, 0.05) is 18.7 Å². The highest BCUT2D eigenvalue weighted by Gasteiger charge is 2.35. The fourth-order valence-electron chi connectivity index (χ4n) is 1.23. The summed E-state index contributed by atoms with van der Waals surface area (Å²) in [6, 6.07) is 0.544. The van der Waals surface area contributed by atoms with Gasteiger partial charge < -0.3 is 10.4 Å². The number of nitrogens with zero attached hydrogens (tertiary/aromatic N) is 1. The largest absolute Gasteiger partial charge is 0.412 e. The molecule has 0 aromatic carbocycles. The highest BCUT2D eigenvalue weighted by molar-refractivity contribution is 5.85. The minimum Gasteiger partial charge on any atom is -0.412 e. The summed E-state index contributed by atoms with van der Waals surface area (Å²) in [5.41, 5.74) is 0. The summed E-state index contributed by atoms with van der Waals surface area (Å²) in [7, 11) is 0. The molecule has 2 heterocycles. The van der Waals surface area contributed by atoms with Crippen LogP contribution in [0.15, 0.2) is 12.3 Å². The third kappa shape index (κ3) is 1.02. The second-order valence-electron chi connectivity index (χ2n) is 2.28. The smallest absolute Gasteiger partial charge is 0.228 e. The van der Waals surface area contributed by atoms with E-state index in [2.05, 4.69) is 6.08 Å². The van der Waals surface area contributed by atoms with Crippen molar-refractivity contribution in [3.05, 3.63) is 12.3 Å². The van der Waals surface area contributed by atoms with Gasteiger partial charge in [0.1, 0.15) is 0 Å². The van der Waals surface area contributed by atoms with Crippen LogP contribution >= 0.6 is 12.4 Å². The number of carbonyl (C=O) groups is 1. The van der Waals surface area contributed by atoms with Crippen LogP contribution in [0.3, 0.4) is 0 Å². The molecule has 1 saturated heterocycles. The van der Waals surface area contributed by atoms with E-state index in [9.17, 15) is 4.79 Å². The normalized spacial score (nSPS) is 26.2. The van der Waals surface area contributed by atoms with Crippen molar-refractivity contribution in [3.8, 4) is 0 Å². The molecule has 58 valence electrons. The van der Waals surface area contributed by atoms with Gasteiger partial charge in [0.2, 0.25) is 5.91 Å². The van der Waals surface area contributed by atoms with Gasteiger partial charge in [0.15, 0.2) is 0 Å². The van der Waals surface area contributed by atoms with Crippen molar-refractivity contribution in [2.24, 2.45) is 0 Å². The van der Waals surface area contributed by atoms with Gasteiger partial charge in [-0.25, -0.2) is 0 Å². The Bertz CT molecular complexity index is 169. The second kappa shape index (κ2) is 3.03. The van der Waals surface area contributed by atoms with Gasteiger partial charge >= 0.3 is 0 Å². The number of hydrogen-bond acceptors (Lipinski definition) is 1. The molecule has 3 nitrogen and oxygen atoms in total. The van der Waals surface area contributed by atoms with Crippen LogP contribution in [0, 0.1) is 0 Å². The summed E-state index contributed by atoms with van der Waals surface area (Å²) in [6.45, 7) is 0. The number of carbonyl (C=O) groups excluding carboxylic acids is 1. The van der Waals surface area contributed by atoms with Crippen molar-refractivity contribution in [2.75, 3.05) is 0 Å². The van der Waals surface area contributed by atoms with Crippen LogP contribution in [-0.4, -0.2) is 22.3 Å². The first kappa shape index (κ1) is 9.46. The fraction of sp³-hybridized carbons (Fsp3) is 0.500. The molecule has 2 aliphatic heterocycles. The Labute approximate surface area is 65.4 Å². The lowest BCUT2D eigenvalue weighted by Gasteiger charge is -2.32. The highest BCUT2D eigenvalue weighted by Crippen LogP contribution is 2.27. The topological polar surface area (TPSA) is 51.8 Å². The number of amides is 1. The molecule has 2 aliphatic rings. The molecule has 0 spiro atoms. The number of rotatable bonds is 0. The van der Waals surface area contributed by atoms with Gasteiger partial charge in [0.05, 0.1) is 0 Å². The predicted molar refractivity (Wildman–Crippen MR) is 39.9 cm³/mol. The first-order valence-electron chi connectivity index (χ1n) is 2.86. The second-order valence-corrected chi connectivity index (χ2v) is 2.28. The van der Waals surface area contributed by atoms with Crippen molar-refractivity contribution < 1.29 is 10.3 Å². The zero-order valence-corrected chi connectivity index (χ0v) is 6.23. The Morgan fingerprint density at radius 3 is 2.70 bits per heavy atom. The molecule has 0 saturated carbocycles. The van der Waals surface area contributed by atoms with E-state index in [-0.39, 0.29) is 23.8 Å². The number of fused-ring (bicyclic) bond motifs is 1. The maximum Gasteiger partial charge on any atom is 0.228 e. The molecule has 0 radical (unpaired) electrons. The minimum atomic E-state index is 0. The summed E-state index contributed by atoms with van der Waals surface area (Å²) >= 11 is 0. The molecule has 0 aromatic rings. The van der Waals surface area contributed by atoms with E-state index in [4.69, 9.17) is 0 Å². The van der Waals surface area contributed by atoms with Crippen LogP contribution in [0.25, 0.3) is 0 Å². The molecular weight excluding hydrogens is 154 g/mol. The minimum absolute atomic E-state index is 0. The standard InChI is InChI=1S/C6H7NO.ClH.H2O/c8-6-4-5-2-1-3-7(5)6;;/h1,3,5H,2,4H2;1H;1H2/t5-;;/m1../s1. The molecule has 2 N–H and O–H groups in total. The highest BCUT2D eigenvalue weighted by atomic mass is 35.5. The van der Waals surface area contributed by atoms with Crippen molar-refractivity contribution in [3.63, 3.8) is 0 Å². The van der Waals surface area contributed by atoms with Crippen molar-refractivity contribution in [1.29, 1.82) is 0 Å². The van der Waals surface area contributed by atoms with E-state index in [0.29, 0.717) is 6.04 Å². The molecule has 2 rings (SSSR count). The Balaban J connectivity index is 0.000000405. The number of halogens is 1. The summed E-state index contributed by atoms with van der Waals surface area (Å²) in [5, 5.41) is 0. The third-order valence-electron chi connectivity index (χ3n) is 1.77. The van der Waals surface area contributed by atoms with Gasteiger partial charge in [0.25, 0.3) is 0 Å². The zero-order valence-electron chi connectivity index (χ0n) is 5.41. The number of hydrogen-bond donors (Lipinski definition) is 0. The molecule has 1 atom stereocenters. The van der Waals surface area contributed by atoms with Crippen molar-refractivity contribution >= 4 is 18.3 Å². The van der Waals surface area contributed by atoms with Crippen LogP contribution in [-0.2, 0) is 4.79 Å². The molecule has 1 fully saturated rings. The van der Waals surface area contributed by atoms with Gasteiger partial charge in [-0.2, -0.15) is 0 Å². The fourth-order valence-corrected chi connectivity index (χ4v) is 1.23. The van der Waals surface area contributed by atoms with E-state index in [1.54, 1.807) is 4.90 Å². The Morgan fingerprint density at radius 2 is 2.30 bits per heavy atom. The Morgan fingerprint density at radius 1 is 1.60 bits per heavy atom. The van der Waals surface area contributed by atoms with Crippen LogP contribution in [0.2, 0.25) is 0 Å². The zero-order chi connectivity index (χ0) is 5.56. The predicted octanol–water partition coefficient (Wildman–Crippen LogP) is 0.102. The Hall–Kier alpha value is -0.540. The quantitative estimate of drug-likeness (QED) is 0.468. The lowest BCUT2D eigenvalue weighted by atomic mass is 10.0. The molecule has 1 amide bonds. The molecule has 0 unspecified atom stereocenters. The van der Waals surface area contributed by atoms with Gasteiger partial charge in [-0.3, -0.25) is 4.79 Å². The monoisotopic (exact) mass is 163 g/mol. The molecule has 0 aromatic heterocycles. The third-order valence-corrected chi connectivity index (χ3v) is 1.77. The van der Waals surface area contributed by atoms with Crippen molar-refractivity contribution in [2.45, 2.75) is 18.9 Å². The van der Waals surface area contributed by atoms with E-state index >= 15 is 0 Å². The molecule has 4 heteroatoms. The maximum atomic E-state index is 10.6. The van der Waals surface area contributed by atoms with E-state index in [0.717, 1.165) is 12.8 Å². The van der Waals surface area contributed by atoms with Crippen LogP contribution in [0.5, 0.6) is 0 Å². The average molecular weight is 164 g/mol.